The topological polar surface area (TPSA) is 56.6 Å². The Morgan fingerprint density at radius 3 is 2.34 bits per heavy atom. The molecule has 1 aliphatic heterocycles. The number of aryl methyl sites for hydroxylation is 1. The van der Waals surface area contributed by atoms with Crippen LogP contribution in [0.15, 0.2) is 91.1 Å². The number of benzene rings is 3. The van der Waals surface area contributed by atoms with Gasteiger partial charge in [0.05, 0.1) is 17.9 Å². The molecule has 0 bridgehead atoms. The maximum absolute atomic E-state index is 13.9. The van der Waals surface area contributed by atoms with E-state index in [-0.39, 0.29) is 5.97 Å². The van der Waals surface area contributed by atoms with Crippen LogP contribution in [0.4, 0.5) is 5.69 Å². The fraction of sp³-hybridized carbons (Fsp3) is 0.366. The number of aromatic nitrogens is 2. The molecule has 6 heteroatoms. The van der Waals surface area contributed by atoms with Crippen molar-refractivity contribution in [1.29, 1.82) is 0 Å². The van der Waals surface area contributed by atoms with E-state index >= 15 is 0 Å². The van der Waals surface area contributed by atoms with E-state index in [0.717, 1.165) is 65.0 Å². The highest BCUT2D eigenvalue weighted by Crippen LogP contribution is 2.54. The smallest absolute Gasteiger partial charge is 0.341 e. The first-order chi connectivity index (χ1) is 23.1. The number of anilines is 1. The van der Waals surface area contributed by atoms with Crippen molar-refractivity contribution >= 4 is 22.6 Å². The molecule has 5 aromatic rings. The van der Waals surface area contributed by atoms with Crippen LogP contribution in [-0.4, -0.2) is 35.2 Å². The highest BCUT2D eigenvalue weighted by atomic mass is 16.6. The van der Waals surface area contributed by atoms with Gasteiger partial charge in [-0.05, 0) is 63.1 Å². The maximum atomic E-state index is 13.9. The van der Waals surface area contributed by atoms with E-state index in [1.165, 1.54) is 32.1 Å². The lowest BCUT2D eigenvalue weighted by molar-refractivity contribution is 0.0241. The number of hydrogen-bond donors (Lipinski definition) is 0. The average Bonchev–Trinajstić information content (AvgIpc) is 3.60. The summed E-state index contributed by atoms with van der Waals surface area (Å²) in [5.41, 5.74) is 5.74. The van der Waals surface area contributed by atoms with Gasteiger partial charge in [-0.2, -0.15) is 0 Å². The van der Waals surface area contributed by atoms with E-state index < -0.39 is 5.60 Å². The highest BCUT2D eigenvalue weighted by molar-refractivity contribution is 6.00. The molecule has 3 heterocycles. The van der Waals surface area contributed by atoms with Crippen LogP contribution in [0.3, 0.4) is 0 Å². The van der Waals surface area contributed by atoms with E-state index in [0.29, 0.717) is 23.6 Å². The Balaban J connectivity index is 1.67. The highest BCUT2D eigenvalue weighted by Gasteiger charge is 2.54. The number of carbonyl (C=O) groups is 1. The van der Waals surface area contributed by atoms with Crippen LogP contribution in [0, 0.1) is 0 Å². The van der Waals surface area contributed by atoms with E-state index in [4.69, 9.17) is 14.5 Å². The molecule has 244 valence electrons. The summed E-state index contributed by atoms with van der Waals surface area (Å²) in [7, 11) is 0. The monoisotopic (exact) mass is 629 g/mol. The Bertz CT molecular complexity index is 1830. The lowest BCUT2D eigenvalue weighted by Crippen LogP contribution is -2.32. The van der Waals surface area contributed by atoms with E-state index in [9.17, 15) is 4.79 Å². The lowest BCUT2D eigenvalue weighted by Gasteiger charge is -2.33. The van der Waals surface area contributed by atoms with Crippen molar-refractivity contribution < 1.29 is 14.3 Å². The van der Waals surface area contributed by atoms with Crippen LogP contribution in [0.1, 0.15) is 93.4 Å². The molecule has 0 spiro atoms. The number of cyclic esters (lactones) is 1. The van der Waals surface area contributed by atoms with Gasteiger partial charge >= 0.3 is 5.97 Å². The SMILES string of the molecule is CCCCCCCCn1c(-c2ccccc2)c(C2(c3ccc(N(CC)CC)cc3OCC)OC(=O)c3cccnc32)c2ccccc21. The molecular formula is C41H47N3O3. The number of carbonyl (C=O) groups excluding carboxylic acids is 1. The molecule has 1 unspecified atom stereocenters. The molecule has 0 saturated heterocycles. The molecule has 0 radical (unpaired) electrons. The summed E-state index contributed by atoms with van der Waals surface area (Å²) in [4.78, 5) is 21.2. The average molecular weight is 630 g/mol. The molecule has 0 amide bonds. The first kappa shape index (κ1) is 32.4. The zero-order chi connectivity index (χ0) is 32.8. The molecule has 2 aromatic heterocycles. The van der Waals surface area contributed by atoms with Crippen molar-refractivity contribution in [3.8, 4) is 17.0 Å². The van der Waals surface area contributed by atoms with Gasteiger partial charge in [-0.15, -0.1) is 0 Å². The second-order valence-electron chi connectivity index (χ2n) is 12.3. The van der Waals surface area contributed by atoms with Gasteiger partial charge in [-0.1, -0.05) is 87.6 Å². The summed E-state index contributed by atoms with van der Waals surface area (Å²) < 4.78 is 15.7. The van der Waals surface area contributed by atoms with Crippen molar-refractivity contribution in [2.45, 2.75) is 78.4 Å². The summed E-state index contributed by atoms with van der Waals surface area (Å²) in [5, 5.41) is 1.04. The lowest BCUT2D eigenvalue weighted by atomic mass is 9.79. The minimum Gasteiger partial charge on any atom is -0.493 e. The number of nitrogens with zero attached hydrogens (tertiary/aromatic N) is 3. The van der Waals surface area contributed by atoms with Crippen molar-refractivity contribution in [1.82, 2.24) is 9.55 Å². The maximum Gasteiger partial charge on any atom is 0.341 e. The van der Waals surface area contributed by atoms with E-state index in [2.05, 4.69) is 97.0 Å². The quantitative estimate of drug-likeness (QED) is 0.0852. The van der Waals surface area contributed by atoms with Crippen LogP contribution in [0.2, 0.25) is 0 Å². The third kappa shape index (κ3) is 5.90. The second-order valence-corrected chi connectivity index (χ2v) is 12.3. The number of pyridine rings is 1. The Morgan fingerprint density at radius 1 is 0.830 bits per heavy atom. The number of unbranched alkanes of at least 4 members (excludes halogenated alkanes) is 5. The number of rotatable bonds is 15. The van der Waals surface area contributed by atoms with Crippen molar-refractivity contribution in [2.24, 2.45) is 0 Å². The molecule has 0 fully saturated rings. The fourth-order valence-corrected chi connectivity index (χ4v) is 7.28. The number of esters is 1. The first-order valence-corrected chi connectivity index (χ1v) is 17.5. The van der Waals surface area contributed by atoms with Crippen LogP contribution in [0.25, 0.3) is 22.2 Å². The Kier molecular flexibility index (Phi) is 9.95. The number of ether oxygens (including phenoxy) is 2. The minimum absolute atomic E-state index is 0.380. The first-order valence-electron chi connectivity index (χ1n) is 17.5. The van der Waals surface area contributed by atoms with Crippen molar-refractivity contribution in [3.05, 3.63) is 114 Å². The van der Waals surface area contributed by atoms with Gasteiger partial charge in [0.1, 0.15) is 11.4 Å². The molecular weight excluding hydrogens is 582 g/mol. The minimum atomic E-state index is -1.34. The summed E-state index contributed by atoms with van der Waals surface area (Å²) in [6.07, 6.45) is 9.01. The van der Waals surface area contributed by atoms with Gasteiger partial charge in [-0.25, -0.2) is 4.79 Å². The predicted octanol–water partition coefficient (Wildman–Crippen LogP) is 9.77. The predicted molar refractivity (Wildman–Crippen MR) is 191 cm³/mol. The van der Waals surface area contributed by atoms with Gasteiger partial charge in [-0.3, -0.25) is 4.98 Å². The van der Waals surface area contributed by atoms with Crippen LogP contribution in [0.5, 0.6) is 5.75 Å². The largest absolute Gasteiger partial charge is 0.493 e. The van der Waals surface area contributed by atoms with E-state index in [1.54, 1.807) is 6.20 Å². The standard InChI is InChI=1S/C41H47N3O3/c1-5-9-10-11-12-18-28-44-35-24-17-16-22-32(35)37(38(44)30-20-14-13-15-21-30)41(39-33(40(45)47-41)23-19-27-42-39)34-26-25-31(43(6-2)7-3)29-36(34)46-8-4/h13-17,19-27,29H,5-12,18,28H2,1-4H3. The molecule has 47 heavy (non-hydrogen) atoms. The van der Waals surface area contributed by atoms with Gasteiger partial charge in [0.2, 0.25) is 5.60 Å². The summed E-state index contributed by atoms with van der Waals surface area (Å²) >= 11 is 0. The number of hydrogen-bond acceptors (Lipinski definition) is 5. The van der Waals surface area contributed by atoms with Crippen LogP contribution >= 0.6 is 0 Å². The normalized spacial score (nSPS) is 15.5. The van der Waals surface area contributed by atoms with Gasteiger partial charge < -0.3 is 18.9 Å². The van der Waals surface area contributed by atoms with Crippen molar-refractivity contribution in [3.63, 3.8) is 0 Å². The summed E-state index contributed by atoms with van der Waals surface area (Å²) in [6, 6.07) is 29.0. The molecule has 0 aliphatic carbocycles. The van der Waals surface area contributed by atoms with Crippen LogP contribution in [-0.2, 0) is 16.9 Å². The zero-order valence-corrected chi connectivity index (χ0v) is 28.3. The zero-order valence-electron chi connectivity index (χ0n) is 28.3. The van der Waals surface area contributed by atoms with Crippen LogP contribution < -0.4 is 9.64 Å². The molecule has 3 aromatic carbocycles. The van der Waals surface area contributed by atoms with Gasteiger partial charge in [0, 0.05) is 59.6 Å². The Labute approximate surface area is 279 Å². The second kappa shape index (κ2) is 14.5. The molecule has 1 atom stereocenters. The number of para-hydroxylation sites is 1. The molecule has 0 N–H and O–H groups in total. The van der Waals surface area contributed by atoms with Crippen molar-refractivity contribution in [2.75, 3.05) is 24.6 Å². The third-order valence-electron chi connectivity index (χ3n) is 9.49. The summed E-state index contributed by atoms with van der Waals surface area (Å²) in [6.45, 7) is 11.6. The molecule has 6 nitrogen and oxygen atoms in total. The van der Waals surface area contributed by atoms with Gasteiger partial charge in [0.15, 0.2) is 0 Å². The molecule has 1 aliphatic rings. The Morgan fingerprint density at radius 2 is 1.57 bits per heavy atom. The molecule has 0 saturated carbocycles. The third-order valence-corrected chi connectivity index (χ3v) is 9.49. The van der Waals surface area contributed by atoms with E-state index in [1.807, 2.05) is 25.1 Å². The Hall–Kier alpha value is -4.58. The fourth-order valence-electron chi connectivity index (χ4n) is 7.28. The molecule has 6 rings (SSSR count). The number of fused-ring (bicyclic) bond motifs is 2. The van der Waals surface area contributed by atoms with Gasteiger partial charge in [0.25, 0.3) is 0 Å². The summed E-state index contributed by atoms with van der Waals surface area (Å²) in [5.74, 6) is 0.310.